The first-order valence-corrected chi connectivity index (χ1v) is 8.74. The normalized spacial score (nSPS) is 10.7. The zero-order valence-corrected chi connectivity index (χ0v) is 15.3. The van der Waals surface area contributed by atoms with E-state index in [0.717, 1.165) is 24.0 Å². The summed E-state index contributed by atoms with van der Waals surface area (Å²) in [6.07, 6.45) is 2.06. The number of furan rings is 1. The van der Waals surface area contributed by atoms with E-state index in [1.54, 1.807) is 26.2 Å². The molecule has 0 saturated carbocycles. The van der Waals surface area contributed by atoms with Crippen LogP contribution in [0.3, 0.4) is 0 Å². The third kappa shape index (κ3) is 3.67. The molecule has 5 nitrogen and oxygen atoms in total. The maximum absolute atomic E-state index is 12.9. The molecule has 1 N–H and O–H groups in total. The monoisotopic (exact) mass is 353 g/mol. The van der Waals surface area contributed by atoms with Gasteiger partial charge in [-0.2, -0.15) is 0 Å². The minimum Gasteiger partial charge on any atom is -0.495 e. The van der Waals surface area contributed by atoms with Gasteiger partial charge in [0.2, 0.25) is 0 Å². The highest BCUT2D eigenvalue weighted by atomic mass is 16.5. The number of unbranched alkanes of at least 4 members (excludes halogenated alkanes) is 1. The van der Waals surface area contributed by atoms with E-state index in [0.29, 0.717) is 35.0 Å². The Hall–Kier alpha value is -2.95. The van der Waals surface area contributed by atoms with Gasteiger partial charge in [-0.3, -0.25) is 4.79 Å². The van der Waals surface area contributed by atoms with Crippen LogP contribution in [0.1, 0.15) is 35.9 Å². The number of anilines is 1. The van der Waals surface area contributed by atoms with Crippen LogP contribution < -0.4 is 14.8 Å². The number of benzene rings is 2. The summed E-state index contributed by atoms with van der Waals surface area (Å²) in [5.41, 5.74) is 1.78. The van der Waals surface area contributed by atoms with Crippen molar-refractivity contribution < 1.29 is 18.7 Å². The van der Waals surface area contributed by atoms with Gasteiger partial charge in [0, 0.05) is 5.39 Å². The van der Waals surface area contributed by atoms with Crippen molar-refractivity contribution in [3.8, 4) is 11.5 Å². The van der Waals surface area contributed by atoms with Crippen LogP contribution in [-0.2, 0) is 0 Å². The Morgan fingerprint density at radius 1 is 1.19 bits per heavy atom. The highest BCUT2D eigenvalue weighted by molar-refractivity contribution is 6.13. The van der Waals surface area contributed by atoms with Crippen LogP contribution in [0, 0.1) is 6.92 Å². The van der Waals surface area contributed by atoms with E-state index < -0.39 is 0 Å². The molecule has 1 heterocycles. The molecule has 0 radical (unpaired) electrons. The van der Waals surface area contributed by atoms with Crippen molar-refractivity contribution in [3.63, 3.8) is 0 Å². The summed E-state index contributed by atoms with van der Waals surface area (Å²) >= 11 is 0. The first-order valence-electron chi connectivity index (χ1n) is 8.74. The topological polar surface area (TPSA) is 60.7 Å². The van der Waals surface area contributed by atoms with Crippen molar-refractivity contribution >= 4 is 22.6 Å². The number of aryl methyl sites for hydroxylation is 1. The number of carbonyl (C=O) groups excluding carboxylic acids is 1. The van der Waals surface area contributed by atoms with Crippen LogP contribution in [0.5, 0.6) is 11.5 Å². The molecule has 0 saturated heterocycles. The predicted octanol–water partition coefficient (Wildman–Crippen LogP) is 5.18. The fourth-order valence-electron chi connectivity index (χ4n) is 2.84. The number of hydrogen-bond donors (Lipinski definition) is 1. The molecule has 0 aliphatic heterocycles. The highest BCUT2D eigenvalue weighted by Gasteiger charge is 2.20. The van der Waals surface area contributed by atoms with Crippen molar-refractivity contribution in [2.75, 3.05) is 19.0 Å². The second-order valence-electron chi connectivity index (χ2n) is 6.05. The summed E-state index contributed by atoms with van der Waals surface area (Å²) in [6.45, 7) is 4.56. The largest absolute Gasteiger partial charge is 0.495 e. The zero-order chi connectivity index (χ0) is 18.5. The summed E-state index contributed by atoms with van der Waals surface area (Å²) in [5, 5.41) is 3.64. The Morgan fingerprint density at radius 2 is 2.00 bits per heavy atom. The molecule has 1 amide bonds. The second-order valence-corrected chi connectivity index (χ2v) is 6.05. The number of methoxy groups -OCH3 is 1. The van der Waals surface area contributed by atoms with Gasteiger partial charge in [-0.15, -0.1) is 0 Å². The number of nitrogens with one attached hydrogen (secondary N) is 1. The number of para-hydroxylation sites is 2. The molecule has 26 heavy (non-hydrogen) atoms. The summed E-state index contributed by atoms with van der Waals surface area (Å²) < 4.78 is 16.8. The number of ether oxygens (including phenoxy) is 2. The van der Waals surface area contributed by atoms with Crippen LogP contribution >= 0.6 is 0 Å². The smallest absolute Gasteiger partial charge is 0.259 e. The molecule has 0 bridgehead atoms. The van der Waals surface area contributed by atoms with Gasteiger partial charge >= 0.3 is 0 Å². The number of amides is 1. The van der Waals surface area contributed by atoms with Crippen LogP contribution in [0.4, 0.5) is 5.69 Å². The lowest BCUT2D eigenvalue weighted by molar-refractivity contribution is 0.102. The molecule has 5 heteroatoms. The van der Waals surface area contributed by atoms with Crippen molar-refractivity contribution in [2.24, 2.45) is 0 Å². The van der Waals surface area contributed by atoms with Gasteiger partial charge in [0.1, 0.15) is 22.8 Å². The van der Waals surface area contributed by atoms with Crippen LogP contribution in [0.25, 0.3) is 11.0 Å². The minimum absolute atomic E-state index is 0.239. The number of fused-ring (bicyclic) bond motifs is 1. The lowest BCUT2D eigenvalue weighted by Gasteiger charge is -2.10. The Morgan fingerprint density at radius 3 is 2.77 bits per heavy atom. The van der Waals surface area contributed by atoms with E-state index in [-0.39, 0.29) is 5.91 Å². The predicted molar refractivity (Wildman–Crippen MR) is 102 cm³/mol. The molecule has 3 rings (SSSR count). The van der Waals surface area contributed by atoms with E-state index in [9.17, 15) is 4.79 Å². The van der Waals surface area contributed by atoms with Crippen LogP contribution in [0.15, 0.2) is 46.9 Å². The fraction of sp³-hybridized carbons (Fsp3) is 0.286. The summed E-state index contributed by atoms with van der Waals surface area (Å²) in [4.78, 5) is 12.9. The van der Waals surface area contributed by atoms with E-state index >= 15 is 0 Å². The maximum Gasteiger partial charge on any atom is 0.259 e. The first-order chi connectivity index (χ1) is 12.6. The summed E-state index contributed by atoms with van der Waals surface area (Å²) in [7, 11) is 1.57. The van der Waals surface area contributed by atoms with Crippen molar-refractivity contribution in [2.45, 2.75) is 26.7 Å². The first kappa shape index (κ1) is 17.9. The molecule has 0 atom stereocenters. The van der Waals surface area contributed by atoms with Crippen molar-refractivity contribution in [3.05, 3.63) is 53.8 Å². The van der Waals surface area contributed by atoms with Gasteiger partial charge in [0.05, 0.1) is 25.0 Å². The van der Waals surface area contributed by atoms with Gasteiger partial charge in [-0.25, -0.2) is 0 Å². The Bertz CT molecular complexity index is 914. The average Bonchev–Trinajstić information content (AvgIpc) is 2.97. The molecule has 2 aromatic carbocycles. The van der Waals surface area contributed by atoms with E-state index in [4.69, 9.17) is 13.9 Å². The molecule has 0 aliphatic carbocycles. The summed E-state index contributed by atoms with van der Waals surface area (Å²) in [6, 6.07) is 12.9. The number of carbonyl (C=O) groups is 1. The highest BCUT2D eigenvalue weighted by Crippen LogP contribution is 2.31. The van der Waals surface area contributed by atoms with E-state index in [1.807, 2.05) is 30.3 Å². The summed E-state index contributed by atoms with van der Waals surface area (Å²) in [5.74, 6) is 1.67. The van der Waals surface area contributed by atoms with Gasteiger partial charge in [-0.05, 0) is 43.7 Å². The minimum atomic E-state index is -0.239. The Balaban J connectivity index is 1.91. The molecular formula is C21H23NO4. The molecule has 3 aromatic rings. The van der Waals surface area contributed by atoms with E-state index in [1.165, 1.54) is 0 Å². The van der Waals surface area contributed by atoms with Gasteiger partial charge in [0.15, 0.2) is 0 Å². The molecule has 0 fully saturated rings. The molecule has 0 spiro atoms. The molecule has 0 aliphatic rings. The number of rotatable bonds is 7. The van der Waals surface area contributed by atoms with Gasteiger partial charge in [-0.1, -0.05) is 25.5 Å². The second kappa shape index (κ2) is 7.95. The van der Waals surface area contributed by atoms with Gasteiger partial charge in [0.25, 0.3) is 5.91 Å². The lowest BCUT2D eigenvalue weighted by Crippen LogP contribution is -2.13. The molecule has 1 aromatic heterocycles. The van der Waals surface area contributed by atoms with Crippen LogP contribution in [-0.4, -0.2) is 19.6 Å². The fourth-order valence-corrected chi connectivity index (χ4v) is 2.84. The Kier molecular flexibility index (Phi) is 5.46. The molecule has 0 unspecified atom stereocenters. The third-order valence-electron chi connectivity index (χ3n) is 4.18. The lowest BCUT2D eigenvalue weighted by atomic mass is 10.1. The standard InChI is InChI=1S/C21H23NO4/c1-4-5-12-25-15-10-11-18-16(13-15)20(14(2)26-18)21(23)22-17-8-6-7-9-19(17)24-3/h6-11,13H,4-5,12H2,1-3H3,(H,22,23). The molecule has 136 valence electrons. The Labute approximate surface area is 152 Å². The molecular weight excluding hydrogens is 330 g/mol. The van der Waals surface area contributed by atoms with E-state index in [2.05, 4.69) is 12.2 Å². The quantitative estimate of drug-likeness (QED) is 0.595. The van der Waals surface area contributed by atoms with Crippen molar-refractivity contribution in [1.82, 2.24) is 0 Å². The average molecular weight is 353 g/mol. The zero-order valence-electron chi connectivity index (χ0n) is 15.3. The number of hydrogen-bond acceptors (Lipinski definition) is 4. The SMILES string of the molecule is CCCCOc1ccc2oc(C)c(C(=O)Nc3ccccc3OC)c2c1. The van der Waals surface area contributed by atoms with Crippen LogP contribution in [0.2, 0.25) is 0 Å². The van der Waals surface area contributed by atoms with Gasteiger partial charge < -0.3 is 19.2 Å². The third-order valence-corrected chi connectivity index (χ3v) is 4.18. The van der Waals surface area contributed by atoms with Crippen molar-refractivity contribution in [1.29, 1.82) is 0 Å². The maximum atomic E-state index is 12.9.